The van der Waals surface area contributed by atoms with Crippen molar-refractivity contribution in [1.29, 1.82) is 0 Å². The Hall–Kier alpha value is -0.560. The maximum absolute atomic E-state index is 2.34. The largest absolute Gasteiger partial charge is 0.298 e. The van der Waals surface area contributed by atoms with Crippen molar-refractivity contribution in [3.8, 4) is 0 Å². The lowest BCUT2D eigenvalue weighted by molar-refractivity contribution is 0.436. The number of hydrogen-bond acceptors (Lipinski definition) is 1. The van der Waals surface area contributed by atoms with Crippen molar-refractivity contribution in [2.75, 3.05) is 20.1 Å². The van der Waals surface area contributed by atoms with Crippen molar-refractivity contribution < 1.29 is 0 Å². The topological polar surface area (TPSA) is 3.24 Å². The molecule has 0 radical (unpaired) electrons. The van der Waals surface area contributed by atoms with Gasteiger partial charge in [-0.05, 0) is 24.6 Å². The Morgan fingerprint density at radius 3 is 2.33 bits per heavy atom. The van der Waals surface area contributed by atoms with Gasteiger partial charge in [0.25, 0.3) is 0 Å². The van der Waals surface area contributed by atoms with Crippen molar-refractivity contribution >= 4 is 0 Å². The van der Waals surface area contributed by atoms with Crippen LogP contribution in [0.15, 0.2) is 23.3 Å². The van der Waals surface area contributed by atoms with Gasteiger partial charge in [-0.15, -0.1) is 0 Å². The van der Waals surface area contributed by atoms with Crippen LogP contribution in [0.5, 0.6) is 0 Å². The van der Waals surface area contributed by atoms with Gasteiger partial charge in [-0.2, -0.15) is 0 Å². The molecule has 0 bridgehead atoms. The lowest BCUT2D eigenvalue weighted by Crippen LogP contribution is -2.12. The maximum atomic E-state index is 2.34. The summed E-state index contributed by atoms with van der Waals surface area (Å²) in [6, 6.07) is 0. The zero-order valence-corrected chi connectivity index (χ0v) is 5.72. The van der Waals surface area contributed by atoms with Gasteiger partial charge in [-0.3, -0.25) is 4.90 Å². The highest BCUT2D eigenvalue weighted by molar-refractivity contribution is 5.42. The Bertz CT molecular complexity index is 169. The molecule has 0 unspecified atom stereocenters. The minimum Gasteiger partial charge on any atom is -0.298 e. The molecule has 9 heavy (non-hydrogen) atoms. The third-order valence-corrected chi connectivity index (χ3v) is 2.02. The summed E-state index contributed by atoms with van der Waals surface area (Å²) in [6.45, 7) is 2.34. The average Bonchev–Trinajstić information content (AvgIpc) is 2.22. The predicted octanol–water partition coefficient (Wildman–Crippen LogP) is 1.19. The van der Waals surface area contributed by atoms with E-state index in [9.17, 15) is 0 Å². The van der Waals surface area contributed by atoms with Crippen molar-refractivity contribution in [3.05, 3.63) is 23.3 Å². The SMILES string of the molecule is CN1CC2=CCC=C2C1. The van der Waals surface area contributed by atoms with E-state index in [4.69, 9.17) is 0 Å². The summed E-state index contributed by atoms with van der Waals surface area (Å²) in [6.07, 6.45) is 5.84. The summed E-state index contributed by atoms with van der Waals surface area (Å²) in [7, 11) is 2.17. The minimum atomic E-state index is 1.17. The molecule has 1 fully saturated rings. The van der Waals surface area contributed by atoms with Crippen LogP contribution in [0.2, 0.25) is 0 Å². The van der Waals surface area contributed by atoms with Gasteiger partial charge in [0.15, 0.2) is 0 Å². The molecule has 1 nitrogen and oxygen atoms in total. The molecule has 0 aromatic carbocycles. The molecular formula is C8H11N. The lowest BCUT2D eigenvalue weighted by Gasteiger charge is -2.02. The third kappa shape index (κ3) is 0.724. The number of likely N-dealkylation sites (tertiary alicyclic amines) is 1. The molecule has 1 heteroatoms. The fraction of sp³-hybridized carbons (Fsp3) is 0.500. The van der Waals surface area contributed by atoms with Crippen molar-refractivity contribution in [2.24, 2.45) is 0 Å². The molecule has 0 saturated carbocycles. The Labute approximate surface area is 55.7 Å². The van der Waals surface area contributed by atoms with Gasteiger partial charge in [0.05, 0.1) is 0 Å². The van der Waals surface area contributed by atoms with E-state index in [1.54, 1.807) is 11.1 Å². The molecule has 0 spiro atoms. The van der Waals surface area contributed by atoms with Crippen LogP contribution in [0.1, 0.15) is 6.42 Å². The van der Waals surface area contributed by atoms with E-state index in [2.05, 4.69) is 24.1 Å². The molecule has 0 atom stereocenters. The predicted molar refractivity (Wildman–Crippen MR) is 38.3 cm³/mol. The van der Waals surface area contributed by atoms with Crippen LogP contribution in [-0.4, -0.2) is 25.0 Å². The molecular weight excluding hydrogens is 110 g/mol. The lowest BCUT2D eigenvalue weighted by atomic mass is 10.2. The minimum absolute atomic E-state index is 1.17. The molecule has 0 N–H and O–H groups in total. The van der Waals surface area contributed by atoms with Crippen LogP contribution in [0.25, 0.3) is 0 Å². The second-order valence-corrected chi connectivity index (χ2v) is 2.87. The van der Waals surface area contributed by atoms with Crippen LogP contribution < -0.4 is 0 Å². The third-order valence-electron chi connectivity index (χ3n) is 2.02. The summed E-state index contributed by atoms with van der Waals surface area (Å²) >= 11 is 0. The zero-order valence-electron chi connectivity index (χ0n) is 5.72. The number of nitrogens with zero attached hydrogens (tertiary/aromatic N) is 1. The second-order valence-electron chi connectivity index (χ2n) is 2.87. The van der Waals surface area contributed by atoms with E-state index in [-0.39, 0.29) is 0 Å². The molecule has 0 aromatic rings. The van der Waals surface area contributed by atoms with Crippen LogP contribution in [0, 0.1) is 0 Å². The highest BCUT2D eigenvalue weighted by Gasteiger charge is 2.19. The summed E-state index contributed by atoms with van der Waals surface area (Å²) < 4.78 is 0. The normalized spacial score (nSPS) is 25.9. The molecule has 1 saturated heterocycles. The molecule has 48 valence electrons. The van der Waals surface area contributed by atoms with E-state index in [0.717, 1.165) is 0 Å². The first kappa shape index (κ1) is 5.24. The molecule has 1 aliphatic carbocycles. The number of fused-ring (bicyclic) bond motifs is 1. The molecule has 2 aliphatic rings. The molecule has 1 aliphatic heterocycles. The fourth-order valence-electron chi connectivity index (χ4n) is 1.58. The van der Waals surface area contributed by atoms with E-state index in [1.165, 1.54) is 19.5 Å². The van der Waals surface area contributed by atoms with Crippen LogP contribution >= 0.6 is 0 Å². The Morgan fingerprint density at radius 1 is 1.22 bits per heavy atom. The van der Waals surface area contributed by atoms with Crippen molar-refractivity contribution in [2.45, 2.75) is 6.42 Å². The fourth-order valence-corrected chi connectivity index (χ4v) is 1.58. The highest BCUT2D eigenvalue weighted by Crippen LogP contribution is 2.25. The monoisotopic (exact) mass is 121 g/mol. The quantitative estimate of drug-likeness (QED) is 0.465. The van der Waals surface area contributed by atoms with Gasteiger partial charge in [0.1, 0.15) is 0 Å². The van der Waals surface area contributed by atoms with E-state index in [1.807, 2.05) is 0 Å². The molecule has 1 heterocycles. The first-order valence-corrected chi connectivity index (χ1v) is 3.43. The zero-order chi connectivity index (χ0) is 6.27. The van der Waals surface area contributed by atoms with Gasteiger partial charge >= 0.3 is 0 Å². The number of likely N-dealkylation sites (N-methyl/N-ethyl adjacent to an activating group) is 1. The van der Waals surface area contributed by atoms with Gasteiger partial charge < -0.3 is 0 Å². The molecule has 2 rings (SSSR count). The van der Waals surface area contributed by atoms with E-state index in [0.29, 0.717) is 0 Å². The number of rotatable bonds is 0. The number of hydrogen-bond donors (Lipinski definition) is 0. The van der Waals surface area contributed by atoms with Crippen LogP contribution in [0.3, 0.4) is 0 Å². The first-order chi connectivity index (χ1) is 4.36. The van der Waals surface area contributed by atoms with Crippen molar-refractivity contribution in [3.63, 3.8) is 0 Å². The second kappa shape index (κ2) is 1.71. The Balaban J connectivity index is 2.28. The Morgan fingerprint density at radius 2 is 1.78 bits per heavy atom. The van der Waals surface area contributed by atoms with Gasteiger partial charge in [-0.1, -0.05) is 12.2 Å². The molecule has 0 amide bonds. The van der Waals surface area contributed by atoms with Crippen LogP contribution in [0.4, 0.5) is 0 Å². The smallest absolute Gasteiger partial charge is 0.0234 e. The van der Waals surface area contributed by atoms with Gasteiger partial charge in [0, 0.05) is 13.1 Å². The maximum Gasteiger partial charge on any atom is 0.0234 e. The van der Waals surface area contributed by atoms with Gasteiger partial charge in [-0.25, -0.2) is 0 Å². The molecule has 0 aromatic heterocycles. The van der Waals surface area contributed by atoms with Crippen LogP contribution in [-0.2, 0) is 0 Å². The van der Waals surface area contributed by atoms with E-state index >= 15 is 0 Å². The standard InChI is InChI=1S/C8H11N/c1-9-5-7-3-2-4-8(7)6-9/h3-4H,2,5-6H2,1H3. The number of allylic oxidation sites excluding steroid dienone is 2. The Kier molecular flexibility index (Phi) is 0.995. The summed E-state index contributed by atoms with van der Waals surface area (Å²) in [4.78, 5) is 2.34. The van der Waals surface area contributed by atoms with E-state index < -0.39 is 0 Å². The van der Waals surface area contributed by atoms with Gasteiger partial charge in [0.2, 0.25) is 0 Å². The summed E-state index contributed by atoms with van der Waals surface area (Å²) in [5.41, 5.74) is 3.13. The summed E-state index contributed by atoms with van der Waals surface area (Å²) in [5, 5.41) is 0. The first-order valence-electron chi connectivity index (χ1n) is 3.43. The average molecular weight is 121 g/mol. The summed E-state index contributed by atoms with van der Waals surface area (Å²) in [5.74, 6) is 0. The van der Waals surface area contributed by atoms with Crippen molar-refractivity contribution in [1.82, 2.24) is 4.90 Å². The highest BCUT2D eigenvalue weighted by atomic mass is 15.1.